The zero-order valence-electron chi connectivity index (χ0n) is 24.4. The van der Waals surface area contributed by atoms with Gasteiger partial charge in [0, 0.05) is 24.0 Å². The first-order valence-electron chi connectivity index (χ1n) is 12.9. The monoisotopic (exact) mass is 648 g/mol. The standard InChI is InChI=1S/C28H36N6O6S3/c1-37-19-9-5-7-17(25(19)39-3)15-23(35)33-27(31)42-21(29)11-13-41-14-12-22(30)43-28(32)34-24(36)16-18-8-6-10-20(38-2)26(18)40-4/h5-10,29-30H,11-16H2,1-4H3,(H2,31,33,35)(H2,32,34,36). The minimum atomic E-state index is -0.399. The van der Waals surface area contributed by atoms with Crippen molar-refractivity contribution in [1.82, 2.24) is 10.6 Å². The topological polar surface area (TPSA) is 191 Å². The number of thioether (sulfide) groups is 3. The molecule has 0 unspecified atom stereocenters. The summed E-state index contributed by atoms with van der Waals surface area (Å²) >= 11 is 3.29. The molecular weight excluding hydrogens is 613 g/mol. The number of rotatable bonds is 14. The van der Waals surface area contributed by atoms with E-state index in [2.05, 4.69) is 10.6 Å². The van der Waals surface area contributed by atoms with Crippen molar-refractivity contribution in [3.05, 3.63) is 47.5 Å². The molecule has 2 aromatic carbocycles. The summed E-state index contributed by atoms with van der Waals surface area (Å²) in [5.74, 6) is 2.35. The zero-order valence-corrected chi connectivity index (χ0v) is 26.8. The Bertz CT molecular complexity index is 1240. The maximum absolute atomic E-state index is 12.4. The van der Waals surface area contributed by atoms with E-state index in [4.69, 9.17) is 40.6 Å². The summed E-state index contributed by atoms with van der Waals surface area (Å²) in [7, 11) is 6.01. The van der Waals surface area contributed by atoms with Gasteiger partial charge in [0.05, 0.1) is 51.4 Å². The highest BCUT2D eigenvalue weighted by molar-refractivity contribution is 8.26. The maximum atomic E-state index is 12.4. The molecule has 2 rings (SSSR count). The lowest BCUT2D eigenvalue weighted by Gasteiger charge is -2.13. The van der Waals surface area contributed by atoms with E-state index in [0.717, 1.165) is 23.5 Å². The van der Waals surface area contributed by atoms with Gasteiger partial charge in [-0.3, -0.25) is 31.2 Å². The summed E-state index contributed by atoms with van der Waals surface area (Å²) in [4.78, 5) is 24.8. The Morgan fingerprint density at radius 2 is 1.05 bits per heavy atom. The second-order valence-corrected chi connectivity index (χ2v) is 12.0. The Morgan fingerprint density at radius 3 is 1.40 bits per heavy atom. The molecule has 0 aromatic heterocycles. The van der Waals surface area contributed by atoms with Crippen LogP contribution < -0.4 is 29.6 Å². The molecule has 0 aliphatic carbocycles. The average Bonchev–Trinajstić information content (AvgIpc) is 2.96. The van der Waals surface area contributed by atoms with Crippen molar-refractivity contribution in [2.75, 3.05) is 39.9 Å². The van der Waals surface area contributed by atoms with Crippen LogP contribution in [-0.4, -0.2) is 72.2 Å². The van der Waals surface area contributed by atoms with E-state index in [9.17, 15) is 9.59 Å². The summed E-state index contributed by atoms with van der Waals surface area (Å²) < 4.78 is 21.2. The van der Waals surface area contributed by atoms with Gasteiger partial charge in [-0.2, -0.15) is 11.8 Å². The van der Waals surface area contributed by atoms with Crippen molar-refractivity contribution in [2.24, 2.45) is 0 Å². The quantitative estimate of drug-likeness (QED) is 0.0970. The molecule has 2 aromatic rings. The summed E-state index contributed by atoms with van der Waals surface area (Å²) in [5.41, 5.74) is 1.25. The molecule has 0 radical (unpaired) electrons. The lowest BCUT2D eigenvalue weighted by molar-refractivity contribution is -0.119. The molecular formula is C28H36N6O6S3. The third-order valence-electron chi connectivity index (χ3n) is 5.57. The Hall–Kier alpha value is -3.69. The van der Waals surface area contributed by atoms with Gasteiger partial charge >= 0.3 is 0 Å². The molecule has 2 amide bonds. The molecule has 0 fully saturated rings. The Morgan fingerprint density at radius 1 is 0.651 bits per heavy atom. The first kappa shape index (κ1) is 35.5. The number of hydrogen-bond acceptors (Lipinski definition) is 13. The SMILES string of the molecule is COc1cccc(CC(=O)NC(=N)SC(=N)CCSCCC(=N)SC(=N)NC(=O)Cc2cccc(OC)c2OC)c1OC. The molecule has 43 heavy (non-hydrogen) atoms. The average molecular weight is 649 g/mol. The highest BCUT2D eigenvalue weighted by Crippen LogP contribution is 2.32. The number of methoxy groups -OCH3 is 4. The van der Waals surface area contributed by atoms with Crippen molar-refractivity contribution >= 4 is 67.5 Å². The van der Waals surface area contributed by atoms with Gasteiger partial charge in [0.15, 0.2) is 33.3 Å². The van der Waals surface area contributed by atoms with Crippen LogP contribution in [0.25, 0.3) is 0 Å². The largest absolute Gasteiger partial charge is 0.493 e. The molecule has 0 aliphatic rings. The van der Waals surface area contributed by atoms with Gasteiger partial charge in [-0.15, -0.1) is 0 Å². The number of amidine groups is 2. The minimum Gasteiger partial charge on any atom is -0.493 e. The van der Waals surface area contributed by atoms with Crippen molar-refractivity contribution in [2.45, 2.75) is 25.7 Å². The molecule has 0 spiro atoms. The molecule has 15 heteroatoms. The predicted octanol–water partition coefficient (Wildman–Crippen LogP) is 4.54. The van der Waals surface area contributed by atoms with Gasteiger partial charge in [0.2, 0.25) is 11.8 Å². The number of carbonyl (C=O) groups is 2. The molecule has 0 saturated carbocycles. The molecule has 0 aliphatic heterocycles. The second kappa shape index (κ2) is 18.8. The number of benzene rings is 2. The van der Waals surface area contributed by atoms with E-state index in [1.165, 1.54) is 40.2 Å². The fourth-order valence-corrected chi connectivity index (χ4v) is 6.09. The lowest BCUT2D eigenvalue weighted by Crippen LogP contribution is -2.30. The van der Waals surface area contributed by atoms with Crippen LogP contribution in [0.1, 0.15) is 24.0 Å². The van der Waals surface area contributed by atoms with Crippen LogP contribution in [0.4, 0.5) is 0 Å². The first-order valence-corrected chi connectivity index (χ1v) is 15.6. The Balaban J connectivity index is 1.63. The summed E-state index contributed by atoms with van der Waals surface area (Å²) in [6.45, 7) is 0. The number of amides is 2. The van der Waals surface area contributed by atoms with Crippen molar-refractivity contribution < 1.29 is 28.5 Å². The molecule has 12 nitrogen and oxygen atoms in total. The van der Waals surface area contributed by atoms with E-state index < -0.39 is 11.8 Å². The van der Waals surface area contributed by atoms with Crippen LogP contribution in [0.5, 0.6) is 23.0 Å². The van der Waals surface area contributed by atoms with E-state index in [1.807, 2.05) is 0 Å². The predicted molar refractivity (Wildman–Crippen MR) is 175 cm³/mol. The highest BCUT2D eigenvalue weighted by Gasteiger charge is 2.16. The lowest BCUT2D eigenvalue weighted by atomic mass is 10.1. The van der Waals surface area contributed by atoms with Crippen LogP contribution >= 0.6 is 35.3 Å². The van der Waals surface area contributed by atoms with Crippen LogP contribution in [0.15, 0.2) is 36.4 Å². The number of ether oxygens (including phenoxy) is 4. The highest BCUT2D eigenvalue weighted by atomic mass is 32.2. The van der Waals surface area contributed by atoms with Crippen molar-refractivity contribution in [1.29, 1.82) is 21.6 Å². The van der Waals surface area contributed by atoms with Crippen LogP contribution in [0, 0.1) is 21.6 Å². The van der Waals surface area contributed by atoms with E-state index in [-0.39, 0.29) is 33.3 Å². The first-order chi connectivity index (χ1) is 20.6. The summed E-state index contributed by atoms with van der Waals surface area (Å²) in [6.07, 6.45) is 0.790. The van der Waals surface area contributed by atoms with Gasteiger partial charge in [0.1, 0.15) is 0 Å². The second-order valence-electron chi connectivity index (χ2n) is 8.58. The number of hydrogen-bond donors (Lipinski definition) is 6. The van der Waals surface area contributed by atoms with Gasteiger partial charge in [-0.1, -0.05) is 24.3 Å². The number of carbonyl (C=O) groups excluding carboxylic acids is 2. The van der Waals surface area contributed by atoms with Gasteiger partial charge in [0.25, 0.3) is 0 Å². The van der Waals surface area contributed by atoms with Gasteiger partial charge in [-0.25, -0.2) is 0 Å². The van der Waals surface area contributed by atoms with E-state index >= 15 is 0 Å². The fraction of sp³-hybridized carbons (Fsp3) is 0.357. The van der Waals surface area contributed by atoms with Crippen LogP contribution in [0.3, 0.4) is 0 Å². The molecule has 0 atom stereocenters. The number of nitrogens with one attached hydrogen (secondary N) is 6. The van der Waals surface area contributed by atoms with Crippen LogP contribution in [-0.2, 0) is 22.4 Å². The van der Waals surface area contributed by atoms with Gasteiger partial charge in [-0.05, 0) is 47.2 Å². The fourth-order valence-electron chi connectivity index (χ4n) is 3.70. The molecule has 0 heterocycles. The normalized spacial score (nSPS) is 10.3. The third-order valence-corrected chi connectivity index (χ3v) is 8.07. The molecule has 0 bridgehead atoms. The van der Waals surface area contributed by atoms with Crippen LogP contribution in [0.2, 0.25) is 0 Å². The van der Waals surface area contributed by atoms with Crippen molar-refractivity contribution in [3.63, 3.8) is 0 Å². The molecule has 6 N–H and O–H groups in total. The van der Waals surface area contributed by atoms with Gasteiger partial charge < -0.3 is 29.6 Å². The summed E-state index contributed by atoms with van der Waals surface area (Å²) in [5, 5.41) is 37.4. The molecule has 232 valence electrons. The van der Waals surface area contributed by atoms with E-state index in [1.54, 1.807) is 36.4 Å². The maximum Gasteiger partial charge on any atom is 0.230 e. The van der Waals surface area contributed by atoms with Crippen molar-refractivity contribution in [3.8, 4) is 23.0 Å². The van der Waals surface area contributed by atoms with E-state index in [0.29, 0.717) is 58.5 Å². The minimum absolute atomic E-state index is 0.00534. The third kappa shape index (κ3) is 12.2. The molecule has 0 saturated heterocycles. The Kier molecular flexibility index (Phi) is 15.5. The smallest absolute Gasteiger partial charge is 0.230 e. The summed E-state index contributed by atoms with van der Waals surface area (Å²) in [6, 6.07) is 10.5. The Labute approximate surface area is 263 Å². The zero-order chi connectivity index (χ0) is 31.8. The number of para-hydroxylation sites is 2.